The second-order valence-electron chi connectivity index (χ2n) is 11.5. The Kier molecular flexibility index (Phi) is 5.82. The van der Waals surface area contributed by atoms with Crippen LogP contribution in [-0.2, 0) is 27.2 Å². The van der Waals surface area contributed by atoms with Crippen LogP contribution in [0.15, 0.2) is 66.7 Å². The molecule has 3 heterocycles. The van der Waals surface area contributed by atoms with E-state index in [1.54, 1.807) is 7.11 Å². The molecule has 4 aromatic rings. The molecule has 1 fully saturated rings. The molecule has 0 saturated carbocycles. The maximum Gasteiger partial charge on any atom is 0.319 e. The van der Waals surface area contributed by atoms with Crippen LogP contribution in [0.5, 0.6) is 11.5 Å². The van der Waals surface area contributed by atoms with Crippen molar-refractivity contribution in [2.24, 2.45) is 17.8 Å². The Labute approximate surface area is 251 Å². The third-order valence-corrected chi connectivity index (χ3v) is 10.7. The molecule has 1 aromatic heterocycles. The number of thiophene rings is 1. The summed E-state index contributed by atoms with van der Waals surface area (Å²) in [5.74, 6) is -3.40. The first-order valence-corrected chi connectivity index (χ1v) is 15.3. The van der Waals surface area contributed by atoms with Gasteiger partial charge in [-0.2, -0.15) is 5.26 Å². The van der Waals surface area contributed by atoms with Gasteiger partial charge in [0.15, 0.2) is 0 Å². The lowest BCUT2D eigenvalue weighted by molar-refractivity contribution is -0.142. The highest BCUT2D eigenvalue weighted by Crippen LogP contribution is 2.56. The summed E-state index contributed by atoms with van der Waals surface area (Å²) in [7, 11) is 1.59. The van der Waals surface area contributed by atoms with Crippen LogP contribution in [0.25, 0.3) is 16.3 Å². The number of allylic oxidation sites excluding steroid dienone is 1. The van der Waals surface area contributed by atoms with Crippen LogP contribution in [0.1, 0.15) is 45.9 Å². The van der Waals surface area contributed by atoms with E-state index in [1.165, 1.54) is 16.2 Å². The van der Waals surface area contributed by atoms with Crippen molar-refractivity contribution >= 4 is 50.5 Å². The quantitative estimate of drug-likeness (QED) is 0.162. The van der Waals surface area contributed by atoms with Crippen LogP contribution >= 0.6 is 11.3 Å². The second-order valence-corrected chi connectivity index (χ2v) is 12.6. The van der Waals surface area contributed by atoms with Crippen molar-refractivity contribution in [3.05, 3.63) is 93.9 Å². The topological polar surface area (TPSA) is 96.7 Å². The molecule has 0 N–H and O–H groups in total. The lowest BCUT2D eigenvalue weighted by Gasteiger charge is -2.38. The number of ether oxygens (including phenoxy) is 2. The number of imide groups is 1. The van der Waals surface area contributed by atoms with Crippen LogP contribution in [0, 0.1) is 29.1 Å². The molecule has 43 heavy (non-hydrogen) atoms. The van der Waals surface area contributed by atoms with Crippen molar-refractivity contribution in [2.45, 2.75) is 31.6 Å². The van der Waals surface area contributed by atoms with Crippen molar-refractivity contribution in [1.29, 1.82) is 5.26 Å². The van der Waals surface area contributed by atoms with Crippen LogP contribution in [-0.4, -0.2) is 24.9 Å². The SMILES string of the molecule is COc1ccc([C@@H]2C=C3c4ccc5ccccc5c4OC(=O)[C@@H]3[C@@H]3C(=O)N(c4sc5c(c4C#N)CCCC5)C(=O)[C@H]32)cc1. The zero-order valence-electron chi connectivity index (χ0n) is 23.3. The van der Waals surface area contributed by atoms with Crippen molar-refractivity contribution in [1.82, 2.24) is 0 Å². The number of rotatable bonds is 3. The molecular formula is C35H26N2O5S. The average Bonchev–Trinajstić information content (AvgIpc) is 3.53. The minimum atomic E-state index is -0.961. The lowest BCUT2D eigenvalue weighted by Crippen LogP contribution is -2.42. The highest BCUT2D eigenvalue weighted by atomic mass is 32.1. The van der Waals surface area contributed by atoms with Gasteiger partial charge in [0.2, 0.25) is 11.8 Å². The molecule has 212 valence electrons. The van der Waals surface area contributed by atoms with Gasteiger partial charge in [-0.05, 0) is 59.9 Å². The molecule has 8 heteroatoms. The van der Waals surface area contributed by atoms with E-state index in [0.717, 1.165) is 58.0 Å². The Morgan fingerprint density at radius 3 is 2.51 bits per heavy atom. The number of fused-ring (bicyclic) bond motifs is 8. The van der Waals surface area contributed by atoms with Gasteiger partial charge in [-0.15, -0.1) is 11.3 Å². The van der Waals surface area contributed by atoms with Gasteiger partial charge in [0.25, 0.3) is 0 Å². The molecular weight excluding hydrogens is 560 g/mol. The molecule has 2 amide bonds. The number of anilines is 1. The first-order valence-electron chi connectivity index (χ1n) is 14.5. The van der Waals surface area contributed by atoms with Gasteiger partial charge in [-0.3, -0.25) is 14.4 Å². The summed E-state index contributed by atoms with van der Waals surface area (Å²) in [5.41, 5.74) is 3.67. The van der Waals surface area contributed by atoms with E-state index in [1.807, 2.05) is 66.7 Å². The smallest absolute Gasteiger partial charge is 0.319 e. The summed E-state index contributed by atoms with van der Waals surface area (Å²) in [6, 6.07) is 21.4. The Bertz CT molecular complexity index is 1950. The molecule has 8 rings (SSSR count). The van der Waals surface area contributed by atoms with Gasteiger partial charge in [0, 0.05) is 21.7 Å². The maximum atomic E-state index is 14.5. The lowest BCUT2D eigenvalue weighted by atomic mass is 9.64. The number of aryl methyl sites for hydroxylation is 1. The monoisotopic (exact) mass is 586 g/mol. The summed E-state index contributed by atoms with van der Waals surface area (Å²) in [6.45, 7) is 0. The van der Waals surface area contributed by atoms with E-state index in [2.05, 4.69) is 6.07 Å². The predicted octanol–water partition coefficient (Wildman–Crippen LogP) is 6.18. The van der Waals surface area contributed by atoms with Gasteiger partial charge < -0.3 is 9.47 Å². The molecule has 0 bridgehead atoms. The summed E-state index contributed by atoms with van der Waals surface area (Å²) in [5, 5.41) is 12.3. The summed E-state index contributed by atoms with van der Waals surface area (Å²) in [6.07, 6.45) is 5.57. The number of carbonyl (C=O) groups excluding carboxylic acids is 3. The molecule has 2 aliphatic carbocycles. The number of amides is 2. The van der Waals surface area contributed by atoms with Crippen molar-refractivity contribution < 1.29 is 23.9 Å². The normalized spacial score (nSPS) is 24.0. The minimum absolute atomic E-state index is 0.377. The zero-order chi connectivity index (χ0) is 29.4. The van der Waals surface area contributed by atoms with E-state index in [4.69, 9.17) is 9.47 Å². The van der Waals surface area contributed by atoms with Crippen LogP contribution in [0.3, 0.4) is 0 Å². The molecule has 3 aromatic carbocycles. The van der Waals surface area contributed by atoms with E-state index < -0.39 is 35.5 Å². The van der Waals surface area contributed by atoms with E-state index in [0.29, 0.717) is 27.6 Å². The van der Waals surface area contributed by atoms with Gasteiger partial charge in [-0.25, -0.2) is 4.90 Å². The number of methoxy groups -OCH3 is 1. The number of carbonyl (C=O) groups is 3. The van der Waals surface area contributed by atoms with E-state index in [9.17, 15) is 19.6 Å². The Hall–Kier alpha value is -4.74. The molecule has 1 saturated heterocycles. The van der Waals surface area contributed by atoms with Crippen molar-refractivity contribution in [3.8, 4) is 17.6 Å². The zero-order valence-corrected chi connectivity index (χ0v) is 24.1. The molecule has 0 spiro atoms. The fourth-order valence-electron chi connectivity index (χ4n) is 7.46. The molecule has 0 radical (unpaired) electrons. The first-order chi connectivity index (χ1) is 21.0. The molecule has 0 unspecified atom stereocenters. The molecule has 2 aliphatic heterocycles. The number of hydrogen-bond acceptors (Lipinski definition) is 7. The summed E-state index contributed by atoms with van der Waals surface area (Å²) in [4.78, 5) is 45.1. The fraction of sp³-hybridized carbons (Fsp3) is 0.257. The third-order valence-electron chi connectivity index (χ3n) is 9.45. The number of benzene rings is 3. The number of hydrogen-bond donors (Lipinski definition) is 0. The average molecular weight is 587 g/mol. The van der Waals surface area contributed by atoms with Crippen LogP contribution < -0.4 is 14.4 Å². The summed E-state index contributed by atoms with van der Waals surface area (Å²) >= 11 is 1.37. The summed E-state index contributed by atoms with van der Waals surface area (Å²) < 4.78 is 11.4. The van der Waals surface area contributed by atoms with Gasteiger partial charge in [0.1, 0.15) is 22.6 Å². The number of nitrogens with zero attached hydrogens (tertiary/aromatic N) is 2. The van der Waals surface area contributed by atoms with Crippen LogP contribution in [0.4, 0.5) is 5.00 Å². The highest BCUT2D eigenvalue weighted by Gasteiger charge is 2.61. The van der Waals surface area contributed by atoms with Crippen LogP contribution in [0.2, 0.25) is 0 Å². The Balaban J connectivity index is 1.32. The number of esters is 1. The van der Waals surface area contributed by atoms with E-state index in [-0.39, 0.29) is 5.91 Å². The predicted molar refractivity (Wildman–Crippen MR) is 162 cm³/mol. The highest BCUT2D eigenvalue weighted by molar-refractivity contribution is 7.17. The maximum absolute atomic E-state index is 14.5. The van der Waals surface area contributed by atoms with Gasteiger partial charge >= 0.3 is 5.97 Å². The van der Waals surface area contributed by atoms with Crippen molar-refractivity contribution in [2.75, 3.05) is 12.0 Å². The fourth-order valence-corrected chi connectivity index (χ4v) is 8.81. The molecule has 7 nitrogen and oxygen atoms in total. The first kappa shape index (κ1) is 25.9. The molecule has 4 aliphatic rings. The van der Waals surface area contributed by atoms with Crippen molar-refractivity contribution in [3.63, 3.8) is 0 Å². The van der Waals surface area contributed by atoms with Gasteiger partial charge in [0.05, 0.1) is 30.4 Å². The minimum Gasteiger partial charge on any atom is -0.497 e. The largest absolute Gasteiger partial charge is 0.497 e. The Morgan fingerprint density at radius 1 is 0.953 bits per heavy atom. The third kappa shape index (κ3) is 3.68. The van der Waals surface area contributed by atoms with Gasteiger partial charge in [-0.1, -0.05) is 54.6 Å². The molecule has 4 atom stereocenters. The standard InChI is InChI=1S/C35H26N2O5S/c1-41-20-13-10-19(11-14-20)24-16-25-23-15-12-18-6-2-3-7-21(18)31(23)42-35(40)29(25)30-28(24)32(38)37(33(30)39)34-26(17-36)22-8-4-5-9-27(22)43-34/h2-3,6-7,10-16,24,28-30H,4-5,8-9H2,1H3/t24-,28-,29-,30+/m0/s1. The Morgan fingerprint density at radius 2 is 1.72 bits per heavy atom. The van der Waals surface area contributed by atoms with E-state index >= 15 is 0 Å². The second kappa shape index (κ2) is 9.65. The number of nitriles is 1.